The molecule has 0 saturated heterocycles. The van der Waals surface area contributed by atoms with E-state index in [0.717, 1.165) is 0 Å². The van der Waals surface area contributed by atoms with Crippen LogP contribution in [0, 0.1) is 0 Å². The van der Waals surface area contributed by atoms with Crippen LogP contribution in [0.3, 0.4) is 0 Å². The topological polar surface area (TPSA) is 283 Å². The zero-order valence-electron chi connectivity index (χ0n) is 19.8. The predicted octanol–water partition coefficient (Wildman–Crippen LogP) is -2.38. The van der Waals surface area contributed by atoms with Crippen LogP contribution in [0.1, 0.15) is 31.2 Å². The van der Waals surface area contributed by atoms with Crippen LogP contribution in [-0.4, -0.2) is 91.3 Å². The van der Waals surface area contributed by atoms with Crippen molar-refractivity contribution in [2.75, 3.05) is 0 Å². The smallest absolute Gasteiger partial charge is 0.326 e. The van der Waals surface area contributed by atoms with Gasteiger partial charge in [-0.25, -0.2) is 4.79 Å². The van der Waals surface area contributed by atoms with E-state index in [0.29, 0.717) is 5.56 Å². The number of phenols is 1. The Morgan fingerprint density at radius 2 is 1.16 bits per heavy atom. The Hall–Kier alpha value is -4.73. The summed E-state index contributed by atoms with van der Waals surface area (Å²) in [5.74, 6) is -9.45. The Bertz CT molecular complexity index is 1060. The first-order valence-electron chi connectivity index (χ1n) is 11.0. The first-order valence-corrected chi connectivity index (χ1v) is 11.0. The van der Waals surface area contributed by atoms with Gasteiger partial charge >= 0.3 is 23.9 Å². The number of carboxylic acids is 4. The average Bonchev–Trinajstić information content (AvgIpc) is 2.81. The lowest BCUT2D eigenvalue weighted by Gasteiger charge is -2.24. The molecule has 0 heterocycles. The van der Waals surface area contributed by atoms with E-state index in [1.54, 1.807) is 0 Å². The summed E-state index contributed by atoms with van der Waals surface area (Å²) in [4.78, 5) is 82.3. The summed E-state index contributed by atoms with van der Waals surface area (Å²) in [7, 11) is 0. The van der Waals surface area contributed by atoms with Crippen LogP contribution in [-0.2, 0) is 40.0 Å². The first kappa shape index (κ1) is 31.3. The van der Waals surface area contributed by atoms with E-state index in [4.69, 9.17) is 26.2 Å². The van der Waals surface area contributed by atoms with E-state index < -0.39 is 85.0 Å². The molecule has 3 amide bonds. The molecule has 0 radical (unpaired) electrons. The highest BCUT2D eigenvalue weighted by atomic mass is 16.4. The van der Waals surface area contributed by atoms with E-state index in [1.165, 1.54) is 24.3 Å². The summed E-state index contributed by atoms with van der Waals surface area (Å²) < 4.78 is 0. The molecule has 0 aromatic heterocycles. The number of hydrogen-bond acceptors (Lipinski definition) is 9. The van der Waals surface area contributed by atoms with Crippen molar-refractivity contribution in [1.82, 2.24) is 16.0 Å². The number of carbonyl (C=O) groups excluding carboxylic acids is 3. The van der Waals surface area contributed by atoms with Gasteiger partial charge in [-0.05, 0) is 24.1 Å². The van der Waals surface area contributed by atoms with Crippen LogP contribution < -0.4 is 21.7 Å². The molecule has 16 nitrogen and oxygen atoms in total. The lowest BCUT2D eigenvalue weighted by atomic mass is 10.0. The lowest BCUT2D eigenvalue weighted by molar-refractivity contribution is -0.148. The molecule has 0 bridgehead atoms. The van der Waals surface area contributed by atoms with Gasteiger partial charge in [-0.15, -0.1) is 0 Å². The number of carboxylic acid groups (broad SMARTS) is 4. The van der Waals surface area contributed by atoms with Crippen molar-refractivity contribution in [3.05, 3.63) is 29.8 Å². The van der Waals surface area contributed by atoms with E-state index >= 15 is 0 Å². The summed E-state index contributed by atoms with van der Waals surface area (Å²) in [5.41, 5.74) is 6.09. The van der Waals surface area contributed by atoms with Crippen LogP contribution in [0.15, 0.2) is 24.3 Å². The second-order valence-corrected chi connectivity index (χ2v) is 8.13. The molecule has 0 aliphatic carbocycles. The molecule has 10 N–H and O–H groups in total. The van der Waals surface area contributed by atoms with Gasteiger partial charge in [0.25, 0.3) is 0 Å². The summed E-state index contributed by atoms with van der Waals surface area (Å²) >= 11 is 0. The summed E-state index contributed by atoms with van der Waals surface area (Å²) in [6.07, 6.45) is -2.98. The molecule has 1 aromatic rings. The molecule has 0 aliphatic heterocycles. The highest BCUT2D eigenvalue weighted by Crippen LogP contribution is 2.12. The SMILES string of the molecule is NC(CCC(=O)O)C(=O)NC(Cc1ccc(O)cc1)C(=O)NC(CC(=O)O)C(=O)NC(CC(=O)O)C(=O)O. The predicted molar refractivity (Wildman–Crippen MR) is 125 cm³/mol. The number of phenolic OH excluding ortho intramolecular Hbond substituents is 1. The fraction of sp³-hybridized carbons (Fsp3) is 0.409. The molecule has 0 saturated carbocycles. The fourth-order valence-corrected chi connectivity index (χ4v) is 3.07. The average molecular weight is 540 g/mol. The third-order valence-corrected chi connectivity index (χ3v) is 5.02. The van der Waals surface area contributed by atoms with Gasteiger partial charge in [0.15, 0.2) is 0 Å². The number of hydrogen-bond donors (Lipinski definition) is 9. The standard InChI is InChI=1S/C22H28N4O12/c23-12(5-6-16(28)29)19(34)24-13(7-10-1-3-11(27)4-2-10)20(35)25-14(8-17(30)31)21(36)26-15(22(37)38)9-18(32)33/h1-4,12-15,27H,5-9,23H2,(H,24,34)(H,25,35)(H,26,36)(H,28,29)(H,30,31)(H,32,33)(H,37,38). The van der Waals surface area contributed by atoms with Crippen molar-refractivity contribution in [1.29, 1.82) is 0 Å². The van der Waals surface area contributed by atoms with Crippen LogP contribution >= 0.6 is 0 Å². The summed E-state index contributed by atoms with van der Waals surface area (Å²) in [6.45, 7) is 0. The summed E-state index contributed by atoms with van der Waals surface area (Å²) in [5, 5.41) is 51.6. The second-order valence-electron chi connectivity index (χ2n) is 8.13. The number of amides is 3. The van der Waals surface area contributed by atoms with E-state index in [-0.39, 0.29) is 18.6 Å². The molecule has 0 fully saturated rings. The van der Waals surface area contributed by atoms with Gasteiger partial charge in [0.05, 0.1) is 18.9 Å². The zero-order chi connectivity index (χ0) is 29.0. The normalized spacial score (nSPS) is 13.7. The monoisotopic (exact) mass is 540 g/mol. The summed E-state index contributed by atoms with van der Waals surface area (Å²) in [6, 6.07) is -1.18. The van der Waals surface area contributed by atoms with Gasteiger partial charge < -0.3 is 47.2 Å². The molecular weight excluding hydrogens is 512 g/mol. The number of carbonyl (C=O) groups is 7. The number of aromatic hydroxyl groups is 1. The minimum Gasteiger partial charge on any atom is -0.508 e. The van der Waals surface area contributed by atoms with Gasteiger partial charge in [0, 0.05) is 12.8 Å². The molecule has 1 aromatic carbocycles. The number of rotatable bonds is 16. The maximum atomic E-state index is 13.0. The quantitative estimate of drug-likeness (QED) is 0.106. The third kappa shape index (κ3) is 11.3. The molecule has 1 rings (SSSR count). The maximum Gasteiger partial charge on any atom is 0.326 e. The zero-order valence-corrected chi connectivity index (χ0v) is 19.8. The minimum absolute atomic E-state index is 0.0954. The number of nitrogens with two attached hydrogens (primary N) is 1. The molecule has 38 heavy (non-hydrogen) atoms. The Kier molecular flexibility index (Phi) is 12.1. The molecule has 0 spiro atoms. The van der Waals surface area contributed by atoms with Crippen molar-refractivity contribution >= 4 is 41.6 Å². The Balaban J connectivity index is 3.15. The molecule has 208 valence electrons. The largest absolute Gasteiger partial charge is 0.508 e. The van der Waals surface area contributed by atoms with Gasteiger partial charge in [-0.3, -0.25) is 28.8 Å². The third-order valence-electron chi connectivity index (χ3n) is 5.02. The van der Waals surface area contributed by atoms with Gasteiger partial charge in [0.2, 0.25) is 17.7 Å². The Labute approximate surface area is 214 Å². The van der Waals surface area contributed by atoms with E-state index in [1.807, 2.05) is 5.32 Å². The molecule has 16 heteroatoms. The molecule has 4 unspecified atom stereocenters. The Morgan fingerprint density at radius 1 is 0.684 bits per heavy atom. The number of aliphatic carboxylic acids is 4. The lowest BCUT2D eigenvalue weighted by Crippen LogP contribution is -2.58. The Morgan fingerprint density at radius 3 is 1.66 bits per heavy atom. The van der Waals surface area contributed by atoms with Crippen LogP contribution in [0.4, 0.5) is 0 Å². The minimum atomic E-state index is -1.92. The van der Waals surface area contributed by atoms with Crippen molar-refractivity contribution in [3.63, 3.8) is 0 Å². The van der Waals surface area contributed by atoms with Crippen molar-refractivity contribution in [2.45, 2.75) is 56.3 Å². The van der Waals surface area contributed by atoms with E-state index in [9.17, 15) is 38.7 Å². The van der Waals surface area contributed by atoms with Crippen LogP contribution in [0.25, 0.3) is 0 Å². The molecule has 4 atom stereocenters. The van der Waals surface area contributed by atoms with Crippen molar-refractivity contribution in [2.24, 2.45) is 5.73 Å². The van der Waals surface area contributed by atoms with Crippen molar-refractivity contribution in [3.8, 4) is 5.75 Å². The van der Waals surface area contributed by atoms with Gasteiger partial charge in [-0.1, -0.05) is 12.1 Å². The molecular formula is C22H28N4O12. The fourth-order valence-electron chi connectivity index (χ4n) is 3.07. The number of nitrogens with one attached hydrogen (secondary N) is 3. The first-order chi connectivity index (χ1) is 17.7. The maximum absolute atomic E-state index is 13.0. The highest BCUT2D eigenvalue weighted by molar-refractivity contribution is 5.96. The molecule has 0 aliphatic rings. The number of benzene rings is 1. The second kappa shape index (κ2) is 14.7. The highest BCUT2D eigenvalue weighted by Gasteiger charge is 2.32. The van der Waals surface area contributed by atoms with Crippen LogP contribution in [0.5, 0.6) is 5.75 Å². The van der Waals surface area contributed by atoms with Gasteiger partial charge in [-0.2, -0.15) is 0 Å². The van der Waals surface area contributed by atoms with E-state index in [2.05, 4.69) is 10.6 Å². The van der Waals surface area contributed by atoms with Crippen molar-refractivity contribution < 1.29 is 59.1 Å². The van der Waals surface area contributed by atoms with Crippen LogP contribution in [0.2, 0.25) is 0 Å². The van der Waals surface area contributed by atoms with Gasteiger partial charge in [0.1, 0.15) is 23.9 Å².